The van der Waals surface area contributed by atoms with E-state index in [-0.39, 0.29) is 55.7 Å². The lowest BCUT2D eigenvalue weighted by atomic mass is 9.66. The van der Waals surface area contributed by atoms with Crippen molar-refractivity contribution in [2.75, 3.05) is 67.1 Å². The molecule has 38 heavy (non-hydrogen) atoms. The molecule has 1 fully saturated rings. The van der Waals surface area contributed by atoms with Crippen molar-refractivity contribution in [3.05, 3.63) is 41.0 Å². The molecule has 0 aromatic heterocycles. The molecule has 0 saturated carbocycles. The van der Waals surface area contributed by atoms with Crippen molar-refractivity contribution in [2.45, 2.75) is 12.0 Å². The zero-order valence-electron chi connectivity index (χ0n) is 21.4. The number of aliphatic hydroxyl groups excluding tert-OH is 2. The number of carbonyl (C=O) groups excluding carboxylic acids is 1. The first kappa shape index (κ1) is 26.4. The number of esters is 1. The van der Waals surface area contributed by atoms with Crippen molar-refractivity contribution in [1.82, 2.24) is 4.90 Å². The number of methoxy groups -OCH3 is 2. The van der Waals surface area contributed by atoms with Gasteiger partial charge in [-0.2, -0.15) is 0 Å². The zero-order chi connectivity index (χ0) is 26.8. The first-order chi connectivity index (χ1) is 18.5. The number of hydrogen-bond acceptors (Lipinski definition) is 11. The Hall–Kier alpha value is -3.25. The van der Waals surface area contributed by atoms with Gasteiger partial charge in [0.1, 0.15) is 0 Å². The van der Waals surface area contributed by atoms with Crippen LogP contribution >= 0.6 is 0 Å². The summed E-state index contributed by atoms with van der Waals surface area (Å²) in [6.45, 7) is 1.91. The van der Waals surface area contributed by atoms with Crippen LogP contribution < -0.4 is 18.9 Å². The van der Waals surface area contributed by atoms with E-state index >= 15 is 0 Å². The van der Waals surface area contributed by atoms with Gasteiger partial charge in [0.2, 0.25) is 12.5 Å². The Morgan fingerprint density at radius 1 is 0.921 bits per heavy atom. The molecule has 0 amide bonds. The van der Waals surface area contributed by atoms with E-state index in [1.807, 2.05) is 17.0 Å². The predicted molar refractivity (Wildman–Crippen MR) is 133 cm³/mol. The van der Waals surface area contributed by atoms with Crippen molar-refractivity contribution < 1.29 is 48.5 Å². The van der Waals surface area contributed by atoms with Crippen LogP contribution in [0.15, 0.2) is 24.3 Å². The molecule has 0 spiro atoms. The summed E-state index contributed by atoms with van der Waals surface area (Å²) < 4.78 is 34.2. The van der Waals surface area contributed by atoms with Gasteiger partial charge in [0.15, 0.2) is 23.0 Å². The maximum atomic E-state index is 13.2. The highest BCUT2D eigenvalue weighted by Crippen LogP contribution is 2.56. The lowest BCUT2D eigenvalue weighted by Gasteiger charge is -2.39. The second-order valence-electron chi connectivity index (χ2n) is 9.49. The van der Waals surface area contributed by atoms with Gasteiger partial charge in [-0.25, -0.2) is 0 Å². The van der Waals surface area contributed by atoms with E-state index in [4.69, 9.17) is 28.4 Å². The normalized spacial score (nSPS) is 23.2. The van der Waals surface area contributed by atoms with Crippen LogP contribution in [0.5, 0.6) is 28.7 Å². The van der Waals surface area contributed by atoms with Gasteiger partial charge in [-0.1, -0.05) is 0 Å². The number of benzene rings is 2. The molecule has 4 atom stereocenters. The minimum absolute atomic E-state index is 0.0238. The highest BCUT2D eigenvalue weighted by atomic mass is 16.7. The molecule has 2 aliphatic heterocycles. The number of phenolic OH excluding ortho intramolecular Hbond substituents is 1. The van der Waals surface area contributed by atoms with E-state index < -0.39 is 17.9 Å². The Kier molecular flexibility index (Phi) is 7.80. The molecule has 0 bridgehead atoms. The Bertz CT molecular complexity index is 1140. The van der Waals surface area contributed by atoms with Gasteiger partial charge in [0.05, 0.1) is 52.7 Å². The minimum Gasteiger partial charge on any atom is -0.502 e. The number of nitrogens with zero attached hydrogens (tertiary/aromatic N) is 1. The van der Waals surface area contributed by atoms with Crippen LogP contribution in [-0.4, -0.2) is 93.3 Å². The summed E-state index contributed by atoms with van der Waals surface area (Å²) in [5.74, 6) is -0.0923. The number of carbonyl (C=O) groups is 1. The summed E-state index contributed by atoms with van der Waals surface area (Å²) in [6.07, 6.45) is -0.460. The number of cyclic esters (lactones) is 1. The molecule has 11 heteroatoms. The van der Waals surface area contributed by atoms with Gasteiger partial charge >= 0.3 is 5.97 Å². The summed E-state index contributed by atoms with van der Waals surface area (Å²) >= 11 is 0. The molecule has 2 heterocycles. The van der Waals surface area contributed by atoms with Gasteiger partial charge in [-0.05, 0) is 41.0 Å². The number of aliphatic hydroxyl groups is 2. The van der Waals surface area contributed by atoms with Crippen LogP contribution in [0.2, 0.25) is 0 Å². The van der Waals surface area contributed by atoms with Gasteiger partial charge in [0.25, 0.3) is 0 Å². The number of ether oxygens (including phenoxy) is 6. The standard InChI is InChI=1S/C27H33NO10/c1-33-21-9-15(10-22(34-2)25(21)31)23-16-11-19-20(38-14-37-19)12-17(16)26(18-13-36-27(32)24(18)23)35-8-5-28(3-6-29)4-7-30/h9-12,18,23-24,26,29-31H,3-8,13-14H2,1-2H3/t18-,23+,24-,26+/m0/s1. The third-order valence-electron chi connectivity index (χ3n) is 7.52. The number of hydrogen-bond donors (Lipinski definition) is 3. The monoisotopic (exact) mass is 531 g/mol. The van der Waals surface area contributed by atoms with E-state index in [0.717, 1.165) is 16.7 Å². The van der Waals surface area contributed by atoms with Crippen LogP contribution in [0.4, 0.5) is 0 Å². The first-order valence-electron chi connectivity index (χ1n) is 12.6. The van der Waals surface area contributed by atoms with Crippen LogP contribution in [0.3, 0.4) is 0 Å². The Morgan fingerprint density at radius 3 is 2.16 bits per heavy atom. The Morgan fingerprint density at radius 2 is 1.55 bits per heavy atom. The van der Waals surface area contributed by atoms with E-state index in [2.05, 4.69) is 0 Å². The summed E-state index contributed by atoms with van der Waals surface area (Å²) in [6, 6.07) is 7.21. The third kappa shape index (κ3) is 4.71. The summed E-state index contributed by atoms with van der Waals surface area (Å²) in [7, 11) is 2.91. The molecule has 5 rings (SSSR count). The lowest BCUT2D eigenvalue weighted by Crippen LogP contribution is -2.38. The first-order valence-corrected chi connectivity index (χ1v) is 12.6. The predicted octanol–water partition coefficient (Wildman–Crippen LogP) is 1.42. The average molecular weight is 532 g/mol. The SMILES string of the molecule is COc1cc([C@@H]2c3cc4c(cc3[C@@H](OCCN(CCO)CCO)[C@H]3COC(=O)[C@H]23)OCO4)cc(OC)c1O. The maximum absolute atomic E-state index is 13.2. The van der Waals surface area contributed by atoms with E-state index in [9.17, 15) is 20.1 Å². The lowest BCUT2D eigenvalue weighted by molar-refractivity contribution is -0.141. The van der Waals surface area contributed by atoms with Gasteiger partial charge in [-0.3, -0.25) is 9.69 Å². The Balaban J connectivity index is 1.57. The molecule has 0 radical (unpaired) electrons. The second kappa shape index (κ2) is 11.2. The maximum Gasteiger partial charge on any atom is 0.310 e. The van der Waals surface area contributed by atoms with Crippen LogP contribution in [0.25, 0.3) is 0 Å². The van der Waals surface area contributed by atoms with Crippen LogP contribution in [0.1, 0.15) is 28.7 Å². The fourth-order valence-electron chi connectivity index (χ4n) is 5.75. The van der Waals surface area contributed by atoms with Crippen molar-refractivity contribution >= 4 is 5.97 Å². The molecule has 206 valence electrons. The fourth-order valence-corrected chi connectivity index (χ4v) is 5.75. The highest BCUT2D eigenvalue weighted by Gasteiger charge is 2.53. The molecule has 1 aliphatic carbocycles. The van der Waals surface area contributed by atoms with Crippen molar-refractivity contribution in [1.29, 1.82) is 0 Å². The topological polar surface area (TPSA) is 136 Å². The molecule has 1 saturated heterocycles. The molecular formula is C27H33NO10. The summed E-state index contributed by atoms with van der Waals surface area (Å²) in [5, 5.41) is 29.2. The Labute approximate surface area is 220 Å². The number of rotatable bonds is 11. The summed E-state index contributed by atoms with van der Waals surface area (Å²) in [5.41, 5.74) is 2.42. The average Bonchev–Trinajstić information content (AvgIpc) is 3.54. The number of aromatic hydroxyl groups is 1. The number of phenols is 1. The minimum atomic E-state index is -0.558. The second-order valence-corrected chi connectivity index (χ2v) is 9.49. The number of fused-ring (bicyclic) bond motifs is 3. The fraction of sp³-hybridized carbons (Fsp3) is 0.519. The molecule has 3 N–H and O–H groups in total. The van der Waals surface area contributed by atoms with Gasteiger partial charge in [-0.15, -0.1) is 0 Å². The van der Waals surface area contributed by atoms with E-state index in [0.29, 0.717) is 37.7 Å². The third-order valence-corrected chi connectivity index (χ3v) is 7.52. The van der Waals surface area contributed by atoms with Crippen LogP contribution in [-0.2, 0) is 14.3 Å². The largest absolute Gasteiger partial charge is 0.502 e. The molecule has 2 aromatic carbocycles. The molecular weight excluding hydrogens is 498 g/mol. The van der Waals surface area contributed by atoms with Crippen LogP contribution in [0, 0.1) is 11.8 Å². The smallest absolute Gasteiger partial charge is 0.310 e. The highest BCUT2D eigenvalue weighted by molar-refractivity contribution is 5.79. The quantitative estimate of drug-likeness (QED) is 0.363. The molecule has 11 nitrogen and oxygen atoms in total. The van der Waals surface area contributed by atoms with Crippen molar-refractivity contribution in [3.63, 3.8) is 0 Å². The summed E-state index contributed by atoms with van der Waals surface area (Å²) in [4.78, 5) is 15.1. The molecule has 3 aliphatic rings. The molecule has 2 aromatic rings. The van der Waals surface area contributed by atoms with E-state index in [1.165, 1.54) is 14.2 Å². The van der Waals surface area contributed by atoms with Crippen molar-refractivity contribution in [2.24, 2.45) is 11.8 Å². The van der Waals surface area contributed by atoms with Crippen molar-refractivity contribution in [3.8, 4) is 28.7 Å². The van der Waals surface area contributed by atoms with Gasteiger partial charge in [0, 0.05) is 31.5 Å². The van der Waals surface area contributed by atoms with E-state index in [1.54, 1.807) is 12.1 Å². The van der Waals surface area contributed by atoms with Gasteiger partial charge < -0.3 is 43.7 Å². The molecule has 0 unspecified atom stereocenters. The zero-order valence-corrected chi connectivity index (χ0v) is 21.4.